The first kappa shape index (κ1) is 15.7. The van der Waals surface area contributed by atoms with Crippen LogP contribution in [0.25, 0.3) is 0 Å². The number of ether oxygens (including phenoxy) is 1. The highest BCUT2D eigenvalue weighted by Crippen LogP contribution is 2.23. The van der Waals surface area contributed by atoms with E-state index in [1.54, 1.807) is 29.3 Å². The SMILES string of the molecule is O=C(OC[C@H]1CC=CCC1)[C@@H]1CCCN1C(=O)c1ccccn1. The maximum absolute atomic E-state index is 12.5. The van der Waals surface area contributed by atoms with Crippen molar-refractivity contribution in [1.82, 2.24) is 9.88 Å². The minimum absolute atomic E-state index is 0.189. The van der Waals surface area contributed by atoms with Gasteiger partial charge in [0, 0.05) is 12.7 Å². The molecular formula is C18H22N2O3. The quantitative estimate of drug-likeness (QED) is 0.633. The van der Waals surface area contributed by atoms with Gasteiger partial charge in [-0.05, 0) is 50.2 Å². The van der Waals surface area contributed by atoms with Gasteiger partial charge in [0.2, 0.25) is 0 Å². The Hall–Kier alpha value is -2.17. The number of esters is 1. The number of nitrogens with zero attached hydrogens (tertiary/aromatic N) is 2. The number of pyridine rings is 1. The number of likely N-dealkylation sites (tertiary alicyclic amines) is 1. The molecule has 2 heterocycles. The van der Waals surface area contributed by atoms with Crippen LogP contribution in [0.5, 0.6) is 0 Å². The molecule has 1 aliphatic heterocycles. The predicted octanol–water partition coefficient (Wildman–Crippen LogP) is 2.59. The molecule has 1 saturated heterocycles. The topological polar surface area (TPSA) is 59.5 Å². The van der Waals surface area contributed by atoms with Crippen LogP contribution in [0.3, 0.4) is 0 Å². The van der Waals surface area contributed by atoms with Crippen molar-refractivity contribution < 1.29 is 14.3 Å². The van der Waals surface area contributed by atoms with E-state index in [2.05, 4.69) is 17.1 Å². The molecule has 122 valence electrons. The van der Waals surface area contributed by atoms with Crippen LogP contribution in [0.15, 0.2) is 36.5 Å². The maximum atomic E-state index is 12.5. The van der Waals surface area contributed by atoms with E-state index in [0.29, 0.717) is 31.2 Å². The Labute approximate surface area is 136 Å². The minimum Gasteiger partial charge on any atom is -0.464 e. The Morgan fingerprint density at radius 2 is 2.17 bits per heavy atom. The number of amides is 1. The van der Waals surface area contributed by atoms with Crippen molar-refractivity contribution >= 4 is 11.9 Å². The van der Waals surface area contributed by atoms with Gasteiger partial charge in [0.05, 0.1) is 6.61 Å². The van der Waals surface area contributed by atoms with Gasteiger partial charge in [-0.1, -0.05) is 18.2 Å². The molecule has 0 saturated carbocycles. The van der Waals surface area contributed by atoms with Crippen LogP contribution < -0.4 is 0 Å². The lowest BCUT2D eigenvalue weighted by molar-refractivity contribution is -0.149. The molecule has 0 bridgehead atoms. The van der Waals surface area contributed by atoms with Gasteiger partial charge in [0.15, 0.2) is 0 Å². The number of hydrogen-bond donors (Lipinski definition) is 0. The third-order valence-electron chi connectivity index (χ3n) is 4.51. The van der Waals surface area contributed by atoms with Crippen LogP contribution in [0.4, 0.5) is 0 Å². The van der Waals surface area contributed by atoms with Crippen LogP contribution in [0, 0.1) is 5.92 Å². The Morgan fingerprint density at radius 3 is 2.91 bits per heavy atom. The molecule has 0 radical (unpaired) electrons. The molecule has 5 nitrogen and oxygen atoms in total. The molecule has 1 aromatic heterocycles. The molecule has 23 heavy (non-hydrogen) atoms. The molecule has 0 unspecified atom stereocenters. The van der Waals surface area contributed by atoms with Crippen molar-refractivity contribution in [2.45, 2.75) is 38.1 Å². The summed E-state index contributed by atoms with van der Waals surface area (Å²) in [5, 5.41) is 0. The summed E-state index contributed by atoms with van der Waals surface area (Å²) in [5.41, 5.74) is 0.379. The normalized spacial score (nSPS) is 23.7. The molecular weight excluding hydrogens is 292 g/mol. The molecule has 1 aliphatic carbocycles. The van der Waals surface area contributed by atoms with E-state index in [9.17, 15) is 9.59 Å². The molecule has 0 aromatic carbocycles. The average molecular weight is 314 g/mol. The number of carbonyl (C=O) groups is 2. The van der Waals surface area contributed by atoms with E-state index in [0.717, 1.165) is 25.7 Å². The lowest BCUT2D eigenvalue weighted by atomic mass is 9.95. The van der Waals surface area contributed by atoms with Crippen LogP contribution in [-0.2, 0) is 9.53 Å². The third-order valence-corrected chi connectivity index (χ3v) is 4.51. The highest BCUT2D eigenvalue weighted by Gasteiger charge is 2.36. The average Bonchev–Trinajstić information content (AvgIpc) is 3.10. The van der Waals surface area contributed by atoms with Gasteiger partial charge >= 0.3 is 5.97 Å². The van der Waals surface area contributed by atoms with Crippen molar-refractivity contribution in [2.24, 2.45) is 5.92 Å². The van der Waals surface area contributed by atoms with E-state index >= 15 is 0 Å². The fraction of sp³-hybridized carbons (Fsp3) is 0.500. The van der Waals surface area contributed by atoms with Crippen LogP contribution in [-0.4, -0.2) is 41.0 Å². The monoisotopic (exact) mass is 314 g/mol. The lowest BCUT2D eigenvalue weighted by Crippen LogP contribution is -2.42. The molecule has 1 aromatic rings. The van der Waals surface area contributed by atoms with Crippen LogP contribution in [0.1, 0.15) is 42.6 Å². The van der Waals surface area contributed by atoms with Gasteiger partial charge in [-0.3, -0.25) is 9.78 Å². The largest absolute Gasteiger partial charge is 0.464 e. The Morgan fingerprint density at radius 1 is 1.26 bits per heavy atom. The fourth-order valence-corrected chi connectivity index (χ4v) is 3.20. The molecule has 2 atom stereocenters. The maximum Gasteiger partial charge on any atom is 0.328 e. The van der Waals surface area contributed by atoms with E-state index in [-0.39, 0.29) is 11.9 Å². The Kier molecular flexibility index (Phi) is 5.05. The van der Waals surface area contributed by atoms with E-state index in [4.69, 9.17) is 4.74 Å². The molecule has 1 fully saturated rings. The molecule has 1 amide bonds. The highest BCUT2D eigenvalue weighted by atomic mass is 16.5. The van der Waals surface area contributed by atoms with E-state index < -0.39 is 6.04 Å². The second kappa shape index (κ2) is 7.40. The second-order valence-electron chi connectivity index (χ2n) is 6.15. The minimum atomic E-state index is -0.469. The molecule has 0 N–H and O–H groups in total. The summed E-state index contributed by atoms with van der Waals surface area (Å²) in [7, 11) is 0. The number of carbonyl (C=O) groups excluding carboxylic acids is 2. The van der Waals surface area contributed by atoms with E-state index in [1.807, 2.05) is 0 Å². The molecule has 0 spiro atoms. The predicted molar refractivity (Wildman–Crippen MR) is 85.7 cm³/mol. The van der Waals surface area contributed by atoms with Crippen molar-refractivity contribution in [2.75, 3.05) is 13.2 Å². The fourth-order valence-electron chi connectivity index (χ4n) is 3.20. The second-order valence-corrected chi connectivity index (χ2v) is 6.15. The first-order chi connectivity index (χ1) is 11.3. The van der Waals surface area contributed by atoms with Crippen LogP contribution in [0.2, 0.25) is 0 Å². The van der Waals surface area contributed by atoms with Crippen molar-refractivity contribution in [3.63, 3.8) is 0 Å². The summed E-state index contributed by atoms with van der Waals surface area (Å²) in [6.45, 7) is 1.03. The number of aromatic nitrogens is 1. The van der Waals surface area contributed by atoms with Crippen molar-refractivity contribution in [3.8, 4) is 0 Å². The first-order valence-electron chi connectivity index (χ1n) is 8.29. The zero-order valence-electron chi connectivity index (χ0n) is 13.2. The summed E-state index contributed by atoms with van der Waals surface area (Å²) in [5.74, 6) is -0.0581. The zero-order chi connectivity index (χ0) is 16.1. The van der Waals surface area contributed by atoms with Gasteiger partial charge in [0.1, 0.15) is 11.7 Å². The van der Waals surface area contributed by atoms with E-state index in [1.165, 1.54) is 0 Å². The Bertz CT molecular complexity index is 585. The zero-order valence-corrected chi connectivity index (χ0v) is 13.2. The summed E-state index contributed by atoms with van der Waals surface area (Å²) in [6.07, 6.45) is 10.5. The summed E-state index contributed by atoms with van der Waals surface area (Å²) < 4.78 is 5.49. The Balaban J connectivity index is 1.58. The van der Waals surface area contributed by atoms with Crippen molar-refractivity contribution in [3.05, 3.63) is 42.2 Å². The highest BCUT2D eigenvalue weighted by molar-refractivity contribution is 5.95. The summed E-state index contributed by atoms with van der Waals surface area (Å²) >= 11 is 0. The standard InChI is InChI=1S/C18H22N2O3/c21-17(15-9-4-5-11-19-15)20-12-6-10-16(20)18(22)23-13-14-7-2-1-3-8-14/h1-2,4-5,9,11,14,16H,3,6-8,10,12-13H2/t14-,16-/m0/s1. The summed E-state index contributed by atoms with van der Waals surface area (Å²) in [4.78, 5) is 30.6. The summed E-state index contributed by atoms with van der Waals surface area (Å²) in [6, 6.07) is 4.76. The van der Waals surface area contributed by atoms with Gasteiger partial charge in [-0.2, -0.15) is 0 Å². The van der Waals surface area contributed by atoms with Gasteiger partial charge < -0.3 is 9.64 Å². The number of rotatable bonds is 4. The van der Waals surface area contributed by atoms with Crippen LogP contribution >= 0.6 is 0 Å². The van der Waals surface area contributed by atoms with Gasteiger partial charge in [-0.15, -0.1) is 0 Å². The van der Waals surface area contributed by atoms with Crippen molar-refractivity contribution in [1.29, 1.82) is 0 Å². The van der Waals surface area contributed by atoms with Gasteiger partial charge in [-0.25, -0.2) is 4.79 Å². The molecule has 5 heteroatoms. The smallest absolute Gasteiger partial charge is 0.328 e. The number of allylic oxidation sites excluding steroid dienone is 2. The lowest BCUT2D eigenvalue weighted by Gasteiger charge is -2.24. The van der Waals surface area contributed by atoms with Gasteiger partial charge in [0.25, 0.3) is 5.91 Å². The third kappa shape index (κ3) is 3.78. The molecule has 3 rings (SSSR count). The molecule has 2 aliphatic rings. The first-order valence-corrected chi connectivity index (χ1v) is 8.29. The number of hydrogen-bond acceptors (Lipinski definition) is 4.